The van der Waals surface area contributed by atoms with E-state index < -0.39 is 0 Å². The lowest BCUT2D eigenvalue weighted by molar-refractivity contribution is 0.269. The third-order valence-electron chi connectivity index (χ3n) is 2.79. The summed E-state index contributed by atoms with van der Waals surface area (Å²) in [5.74, 6) is 1.49. The number of benzene rings is 1. The van der Waals surface area contributed by atoms with Gasteiger partial charge in [-0.05, 0) is 81.6 Å². The van der Waals surface area contributed by atoms with E-state index in [0.717, 1.165) is 36.6 Å². The average molecular weight is 435 g/mol. The van der Waals surface area contributed by atoms with Crippen molar-refractivity contribution in [1.82, 2.24) is 0 Å². The van der Waals surface area contributed by atoms with E-state index in [4.69, 9.17) is 15.2 Å². The van der Waals surface area contributed by atoms with Crippen LogP contribution in [0.15, 0.2) is 32.5 Å². The third kappa shape index (κ3) is 4.71. The quantitative estimate of drug-likeness (QED) is 0.683. The van der Waals surface area contributed by atoms with Crippen molar-refractivity contribution in [3.05, 3.63) is 43.0 Å². The maximum absolute atomic E-state index is 5.94. The number of nitrogens with two attached hydrogens (primary N) is 1. The molecular formula is C15H17Br2NO2S. The number of ether oxygens (including phenoxy) is 2. The molecule has 0 saturated heterocycles. The molecule has 0 bridgehead atoms. The van der Waals surface area contributed by atoms with Crippen LogP contribution in [0.25, 0.3) is 0 Å². The van der Waals surface area contributed by atoms with E-state index in [0.29, 0.717) is 19.8 Å². The maximum atomic E-state index is 5.94. The molecule has 3 nitrogen and oxygen atoms in total. The molecule has 6 heteroatoms. The molecule has 1 heterocycles. The highest BCUT2D eigenvalue weighted by molar-refractivity contribution is 9.11. The number of rotatable bonds is 7. The van der Waals surface area contributed by atoms with Crippen LogP contribution in [0.5, 0.6) is 11.5 Å². The molecule has 114 valence electrons. The fourth-order valence-corrected chi connectivity index (χ4v) is 3.91. The van der Waals surface area contributed by atoms with Gasteiger partial charge in [0.1, 0.15) is 6.61 Å². The van der Waals surface area contributed by atoms with Gasteiger partial charge in [0.2, 0.25) is 0 Å². The Morgan fingerprint density at radius 3 is 2.62 bits per heavy atom. The number of hydrogen-bond acceptors (Lipinski definition) is 4. The molecule has 0 unspecified atom stereocenters. The molecule has 0 radical (unpaired) electrons. The van der Waals surface area contributed by atoms with Gasteiger partial charge in [0.25, 0.3) is 0 Å². The van der Waals surface area contributed by atoms with Crippen molar-refractivity contribution in [2.45, 2.75) is 20.0 Å². The van der Waals surface area contributed by atoms with Gasteiger partial charge in [-0.15, -0.1) is 11.3 Å². The van der Waals surface area contributed by atoms with Crippen molar-refractivity contribution in [2.24, 2.45) is 5.73 Å². The Balaban J connectivity index is 2.19. The second kappa shape index (κ2) is 8.17. The average Bonchev–Trinajstić information content (AvgIpc) is 2.84. The van der Waals surface area contributed by atoms with Gasteiger partial charge in [0.15, 0.2) is 11.5 Å². The van der Waals surface area contributed by atoms with Crippen LogP contribution in [-0.2, 0) is 13.0 Å². The predicted molar refractivity (Wildman–Crippen MR) is 94.4 cm³/mol. The Morgan fingerprint density at radius 2 is 2.00 bits per heavy atom. The standard InChI is InChI=1S/C15H17Br2NO2S/c1-2-19-13-8-10(5-6-18)7-12(16)15(13)20-9-11-3-4-14(17)21-11/h3-4,7-8H,2,5-6,9,18H2,1H3. The monoisotopic (exact) mass is 433 g/mol. The highest BCUT2D eigenvalue weighted by Crippen LogP contribution is 2.38. The minimum atomic E-state index is 0.519. The Kier molecular flexibility index (Phi) is 6.54. The summed E-state index contributed by atoms with van der Waals surface area (Å²) < 4.78 is 13.6. The van der Waals surface area contributed by atoms with Gasteiger partial charge in [0.05, 0.1) is 14.9 Å². The topological polar surface area (TPSA) is 44.5 Å². The lowest BCUT2D eigenvalue weighted by Gasteiger charge is -2.15. The molecule has 2 aromatic rings. The van der Waals surface area contributed by atoms with Crippen LogP contribution in [0.2, 0.25) is 0 Å². The van der Waals surface area contributed by atoms with Crippen molar-refractivity contribution < 1.29 is 9.47 Å². The minimum Gasteiger partial charge on any atom is -0.490 e. The van der Waals surface area contributed by atoms with Crippen LogP contribution in [0.1, 0.15) is 17.4 Å². The first-order valence-corrected chi connectivity index (χ1v) is 9.06. The van der Waals surface area contributed by atoms with Crippen molar-refractivity contribution >= 4 is 43.2 Å². The van der Waals surface area contributed by atoms with Crippen LogP contribution in [0.3, 0.4) is 0 Å². The molecule has 0 aliphatic carbocycles. The number of halogens is 2. The summed E-state index contributed by atoms with van der Waals surface area (Å²) in [5, 5.41) is 0. The molecule has 0 spiro atoms. The van der Waals surface area contributed by atoms with Gasteiger partial charge in [-0.1, -0.05) is 0 Å². The first kappa shape index (κ1) is 16.8. The lowest BCUT2D eigenvalue weighted by atomic mass is 10.1. The van der Waals surface area contributed by atoms with Crippen LogP contribution < -0.4 is 15.2 Å². The molecule has 0 aliphatic rings. The molecule has 2 rings (SSSR count). The van der Waals surface area contributed by atoms with E-state index in [1.54, 1.807) is 11.3 Å². The fraction of sp³-hybridized carbons (Fsp3) is 0.333. The molecule has 2 N–H and O–H groups in total. The van der Waals surface area contributed by atoms with Gasteiger partial charge in [-0.25, -0.2) is 0 Å². The molecule has 21 heavy (non-hydrogen) atoms. The molecule has 1 aromatic carbocycles. The maximum Gasteiger partial charge on any atom is 0.175 e. The van der Waals surface area contributed by atoms with Crippen LogP contribution in [-0.4, -0.2) is 13.2 Å². The van der Waals surface area contributed by atoms with Crippen molar-refractivity contribution in [2.75, 3.05) is 13.2 Å². The number of hydrogen-bond donors (Lipinski definition) is 1. The van der Waals surface area contributed by atoms with E-state index in [1.165, 1.54) is 0 Å². The minimum absolute atomic E-state index is 0.519. The van der Waals surface area contributed by atoms with Crippen molar-refractivity contribution in [3.63, 3.8) is 0 Å². The zero-order valence-corrected chi connectivity index (χ0v) is 15.7. The summed E-state index contributed by atoms with van der Waals surface area (Å²) in [6.07, 6.45) is 0.816. The smallest absolute Gasteiger partial charge is 0.175 e. The highest BCUT2D eigenvalue weighted by Gasteiger charge is 2.13. The second-order valence-corrected chi connectivity index (χ2v) is 7.77. The largest absolute Gasteiger partial charge is 0.490 e. The summed E-state index contributed by atoms with van der Waals surface area (Å²) in [6.45, 7) is 3.69. The molecule has 0 fully saturated rings. The van der Waals surface area contributed by atoms with Crippen LogP contribution in [0.4, 0.5) is 0 Å². The van der Waals surface area contributed by atoms with Gasteiger partial charge in [0, 0.05) is 4.88 Å². The molecule has 0 atom stereocenters. The Labute approximate surface area is 145 Å². The summed E-state index contributed by atoms with van der Waals surface area (Å²) in [5.41, 5.74) is 6.76. The van der Waals surface area contributed by atoms with E-state index in [-0.39, 0.29) is 0 Å². The first-order valence-electron chi connectivity index (χ1n) is 6.66. The SMILES string of the molecule is CCOc1cc(CCN)cc(Br)c1OCc1ccc(Br)s1. The van der Waals surface area contributed by atoms with E-state index in [9.17, 15) is 0 Å². The normalized spacial score (nSPS) is 10.7. The van der Waals surface area contributed by atoms with Gasteiger partial charge in [-0.3, -0.25) is 0 Å². The number of thiophene rings is 1. The van der Waals surface area contributed by atoms with Crippen LogP contribution in [0, 0.1) is 0 Å². The fourth-order valence-electron chi connectivity index (χ4n) is 1.91. The van der Waals surface area contributed by atoms with Crippen LogP contribution >= 0.6 is 43.2 Å². The molecule has 0 saturated carbocycles. The second-order valence-electron chi connectivity index (χ2n) is 4.37. The van der Waals surface area contributed by atoms with Crippen molar-refractivity contribution in [1.29, 1.82) is 0 Å². The molecule has 1 aromatic heterocycles. The molecule has 0 amide bonds. The lowest BCUT2D eigenvalue weighted by Crippen LogP contribution is -2.05. The summed E-state index contributed by atoms with van der Waals surface area (Å²) in [4.78, 5) is 1.15. The zero-order chi connectivity index (χ0) is 15.2. The Hall–Kier alpha value is -0.560. The summed E-state index contributed by atoms with van der Waals surface area (Å²) >= 11 is 8.68. The van der Waals surface area contributed by atoms with Gasteiger partial charge >= 0.3 is 0 Å². The third-order valence-corrected chi connectivity index (χ3v) is 4.98. The summed E-state index contributed by atoms with van der Waals surface area (Å²) in [7, 11) is 0. The first-order chi connectivity index (χ1) is 10.1. The highest BCUT2D eigenvalue weighted by atomic mass is 79.9. The van der Waals surface area contributed by atoms with Gasteiger partial charge < -0.3 is 15.2 Å². The molecule has 0 aliphatic heterocycles. The molecular weight excluding hydrogens is 418 g/mol. The van der Waals surface area contributed by atoms with E-state index >= 15 is 0 Å². The summed E-state index contributed by atoms with van der Waals surface area (Å²) in [6, 6.07) is 8.11. The van der Waals surface area contributed by atoms with Gasteiger partial charge in [-0.2, -0.15) is 0 Å². The Morgan fingerprint density at radius 1 is 1.19 bits per heavy atom. The van der Waals surface area contributed by atoms with E-state index in [1.807, 2.05) is 31.2 Å². The zero-order valence-electron chi connectivity index (χ0n) is 11.7. The predicted octanol–water partition coefficient (Wildman–Crippen LogP) is 4.75. The van der Waals surface area contributed by atoms with E-state index in [2.05, 4.69) is 31.9 Å². The van der Waals surface area contributed by atoms with Crippen molar-refractivity contribution in [3.8, 4) is 11.5 Å². The Bertz CT molecular complexity index is 601.